The lowest BCUT2D eigenvalue weighted by molar-refractivity contribution is 0.933. The van der Waals surface area contributed by atoms with Gasteiger partial charge >= 0.3 is 0 Å². The van der Waals surface area contributed by atoms with E-state index in [1.807, 2.05) is 0 Å². The number of hydrogen-bond donors (Lipinski definition) is 2. The van der Waals surface area contributed by atoms with E-state index >= 15 is 0 Å². The molecule has 1 unspecified atom stereocenters. The zero-order valence-electron chi connectivity index (χ0n) is 3.73. The van der Waals surface area contributed by atoms with Crippen LogP contribution in [0.5, 0.6) is 0 Å². The molecule has 0 fully saturated rings. The number of hydrogen-bond acceptors (Lipinski definition) is 2. The Balaban J connectivity index is 3.29. The lowest BCUT2D eigenvalue weighted by Crippen LogP contribution is -2.10. The maximum atomic E-state index is 6.35. The van der Waals surface area contributed by atoms with Gasteiger partial charge in [-0.2, -0.15) is 0 Å². The Bertz CT molecular complexity index is 69.6. The Morgan fingerprint density at radius 2 is 2.50 bits per heavy atom. The van der Waals surface area contributed by atoms with Gasteiger partial charge in [0.1, 0.15) is 0 Å². The zero-order valence-corrected chi connectivity index (χ0v) is 3.73. The molecule has 0 saturated heterocycles. The lowest BCUT2D eigenvalue weighted by Gasteiger charge is -1.85. The predicted octanol–water partition coefficient (Wildman–Crippen LogP) is 0.138. The van der Waals surface area contributed by atoms with Crippen LogP contribution in [0, 0.1) is 5.41 Å². The summed E-state index contributed by atoms with van der Waals surface area (Å²) in [5.41, 5.74) is 5.16. The van der Waals surface area contributed by atoms with E-state index < -0.39 is 0 Å². The van der Waals surface area contributed by atoms with Crippen molar-refractivity contribution >= 4 is 5.87 Å². The Morgan fingerprint density at radius 3 is 2.50 bits per heavy atom. The van der Waals surface area contributed by atoms with E-state index in [1.165, 1.54) is 6.08 Å². The molecular weight excluding hydrogens is 76.1 g/mol. The van der Waals surface area contributed by atoms with Gasteiger partial charge in [0.25, 0.3) is 0 Å². The van der Waals surface area contributed by atoms with E-state index in [-0.39, 0.29) is 6.04 Å². The third-order valence-electron chi connectivity index (χ3n) is 0.346. The summed E-state index contributed by atoms with van der Waals surface area (Å²) >= 11 is 0. The van der Waals surface area contributed by atoms with E-state index in [1.54, 1.807) is 6.92 Å². The van der Waals surface area contributed by atoms with Gasteiger partial charge in [0.05, 0.1) is 0 Å². The molecule has 0 aromatic carbocycles. The van der Waals surface area contributed by atoms with Gasteiger partial charge in [0, 0.05) is 6.04 Å². The Morgan fingerprint density at radius 1 is 2.00 bits per heavy atom. The topological polar surface area (TPSA) is 49.9 Å². The molecule has 0 rings (SSSR count). The van der Waals surface area contributed by atoms with Crippen molar-refractivity contribution in [2.24, 2.45) is 5.73 Å². The zero-order chi connectivity index (χ0) is 4.99. The van der Waals surface area contributed by atoms with Gasteiger partial charge in [0.15, 0.2) is 0 Å². The van der Waals surface area contributed by atoms with Crippen molar-refractivity contribution in [2.45, 2.75) is 13.0 Å². The fraction of sp³-hybridized carbons (Fsp3) is 0.500. The van der Waals surface area contributed by atoms with Crippen molar-refractivity contribution < 1.29 is 0 Å². The second kappa shape index (κ2) is 2.64. The molecule has 0 aliphatic rings. The van der Waals surface area contributed by atoms with Crippen LogP contribution in [-0.4, -0.2) is 11.9 Å². The highest BCUT2D eigenvalue weighted by molar-refractivity contribution is 5.48. The molecule has 0 amide bonds. The summed E-state index contributed by atoms with van der Waals surface area (Å²) in [6.07, 6.45) is 1.49. The minimum atomic E-state index is -0.0255. The third kappa shape index (κ3) is 3.41. The molecule has 2 heteroatoms. The van der Waals surface area contributed by atoms with Crippen molar-refractivity contribution in [3.63, 3.8) is 0 Å². The number of rotatable bonds is 1. The van der Waals surface area contributed by atoms with Gasteiger partial charge in [0.2, 0.25) is 0 Å². The molecule has 6 heavy (non-hydrogen) atoms. The molecule has 0 spiro atoms. The molecule has 0 bridgehead atoms. The molecule has 0 saturated carbocycles. The fourth-order valence-corrected chi connectivity index (χ4v) is 0.131. The van der Waals surface area contributed by atoms with E-state index in [9.17, 15) is 0 Å². The Labute approximate surface area is 37.2 Å². The summed E-state index contributed by atoms with van der Waals surface area (Å²) in [6.45, 7) is 1.79. The van der Waals surface area contributed by atoms with Gasteiger partial charge in [-0.3, -0.25) is 5.41 Å². The van der Waals surface area contributed by atoms with Gasteiger partial charge in [-0.1, -0.05) is 0 Å². The van der Waals surface area contributed by atoms with E-state index in [2.05, 4.69) is 5.87 Å². The maximum Gasteiger partial charge on any atom is 0.0286 e. The first-order chi connectivity index (χ1) is 2.77. The first-order valence-corrected chi connectivity index (χ1v) is 1.78. The standard InChI is InChI=1S/C4H8N2/c1-4(6)2-3-5/h2,4-5H,6H2,1H3. The van der Waals surface area contributed by atoms with Crippen LogP contribution in [0.3, 0.4) is 0 Å². The molecule has 34 valence electrons. The highest BCUT2D eigenvalue weighted by Crippen LogP contribution is 1.66. The van der Waals surface area contributed by atoms with Crippen LogP contribution in [0.4, 0.5) is 0 Å². The van der Waals surface area contributed by atoms with Crippen LogP contribution in [0.2, 0.25) is 0 Å². The van der Waals surface area contributed by atoms with Crippen molar-refractivity contribution in [3.05, 3.63) is 6.08 Å². The van der Waals surface area contributed by atoms with E-state index in [0.717, 1.165) is 0 Å². The van der Waals surface area contributed by atoms with Crippen molar-refractivity contribution in [1.29, 1.82) is 5.41 Å². The molecule has 0 heterocycles. The van der Waals surface area contributed by atoms with Gasteiger partial charge in [-0.15, -0.1) is 0 Å². The SMILES string of the molecule is CC(N)C=C=N. The second-order valence-corrected chi connectivity index (χ2v) is 1.17. The van der Waals surface area contributed by atoms with E-state index in [0.29, 0.717) is 0 Å². The Hall–Kier alpha value is -0.590. The molecule has 0 radical (unpaired) electrons. The van der Waals surface area contributed by atoms with Crippen LogP contribution in [0.25, 0.3) is 0 Å². The summed E-state index contributed by atoms with van der Waals surface area (Å²) in [5, 5.41) is 6.35. The lowest BCUT2D eigenvalue weighted by atomic mass is 10.4. The Kier molecular flexibility index (Phi) is 2.38. The number of nitrogens with one attached hydrogen (secondary N) is 1. The molecule has 1 atom stereocenters. The quantitative estimate of drug-likeness (QED) is 0.436. The van der Waals surface area contributed by atoms with Crippen molar-refractivity contribution in [2.75, 3.05) is 0 Å². The van der Waals surface area contributed by atoms with Gasteiger partial charge in [-0.05, 0) is 18.9 Å². The number of nitrogens with two attached hydrogens (primary N) is 1. The summed E-state index contributed by atoms with van der Waals surface area (Å²) in [4.78, 5) is 0. The molecule has 2 nitrogen and oxygen atoms in total. The second-order valence-electron chi connectivity index (χ2n) is 1.17. The minimum Gasteiger partial charge on any atom is -0.324 e. The molecular formula is C4H8N2. The monoisotopic (exact) mass is 84.1 g/mol. The van der Waals surface area contributed by atoms with Crippen LogP contribution >= 0.6 is 0 Å². The smallest absolute Gasteiger partial charge is 0.0286 e. The molecule has 0 aromatic heterocycles. The van der Waals surface area contributed by atoms with Crippen LogP contribution in [0.1, 0.15) is 6.92 Å². The summed E-state index contributed by atoms with van der Waals surface area (Å²) < 4.78 is 0. The van der Waals surface area contributed by atoms with Crippen molar-refractivity contribution in [3.8, 4) is 0 Å². The third-order valence-corrected chi connectivity index (χ3v) is 0.346. The summed E-state index contributed by atoms with van der Waals surface area (Å²) in [6, 6.07) is -0.0255. The molecule has 0 aliphatic carbocycles. The predicted molar refractivity (Wildman–Crippen MR) is 25.9 cm³/mol. The van der Waals surface area contributed by atoms with Gasteiger partial charge < -0.3 is 5.73 Å². The average Bonchev–Trinajstić information content (AvgIpc) is 1.35. The van der Waals surface area contributed by atoms with Crippen LogP contribution in [0.15, 0.2) is 6.08 Å². The van der Waals surface area contributed by atoms with E-state index in [4.69, 9.17) is 11.1 Å². The molecule has 3 N–H and O–H groups in total. The first-order valence-electron chi connectivity index (χ1n) is 1.78. The van der Waals surface area contributed by atoms with Crippen LogP contribution in [-0.2, 0) is 0 Å². The fourth-order valence-electron chi connectivity index (χ4n) is 0.131. The average molecular weight is 84.1 g/mol. The summed E-state index contributed by atoms with van der Waals surface area (Å²) in [5.74, 6) is 2.07. The summed E-state index contributed by atoms with van der Waals surface area (Å²) in [7, 11) is 0. The van der Waals surface area contributed by atoms with Gasteiger partial charge in [-0.25, -0.2) is 0 Å². The minimum absolute atomic E-state index is 0.0255. The normalized spacial score (nSPS) is 12.3. The highest BCUT2D eigenvalue weighted by Gasteiger charge is 1.76. The molecule has 0 aliphatic heterocycles. The van der Waals surface area contributed by atoms with Crippen molar-refractivity contribution in [1.82, 2.24) is 0 Å². The highest BCUT2D eigenvalue weighted by atomic mass is 14.6. The van der Waals surface area contributed by atoms with Crippen LogP contribution < -0.4 is 5.73 Å². The molecule has 0 aromatic rings. The first kappa shape index (κ1) is 5.41. The maximum absolute atomic E-state index is 6.35. The largest absolute Gasteiger partial charge is 0.324 e.